The molecule has 1 aromatic rings. The molecule has 1 aliphatic heterocycles. The van der Waals surface area contributed by atoms with Crippen LogP contribution in [-0.2, 0) is 9.59 Å². The van der Waals surface area contributed by atoms with Crippen molar-refractivity contribution in [3.05, 3.63) is 28.3 Å². The van der Waals surface area contributed by atoms with Crippen molar-refractivity contribution in [1.29, 1.82) is 5.26 Å². The number of nitriles is 1. The van der Waals surface area contributed by atoms with Gasteiger partial charge >= 0.3 is 6.03 Å². The average molecular weight is 332 g/mol. The van der Waals surface area contributed by atoms with Crippen LogP contribution < -0.4 is 4.90 Å². The Morgan fingerprint density at radius 2 is 2.00 bits per heavy atom. The normalized spacial score (nSPS) is 24.0. The maximum Gasteiger partial charge on any atom is 0.332 e. The van der Waals surface area contributed by atoms with Gasteiger partial charge in [-0.25, -0.2) is 9.69 Å². The number of ketones is 1. The van der Waals surface area contributed by atoms with Gasteiger partial charge in [-0.1, -0.05) is 11.6 Å². The number of hydrogen-bond acceptors (Lipinski definition) is 4. The van der Waals surface area contributed by atoms with Gasteiger partial charge in [-0.05, 0) is 37.5 Å². The van der Waals surface area contributed by atoms with Gasteiger partial charge in [0.15, 0.2) is 11.3 Å². The van der Waals surface area contributed by atoms with Gasteiger partial charge in [0, 0.05) is 13.5 Å². The van der Waals surface area contributed by atoms with E-state index in [1.807, 2.05) is 6.07 Å². The minimum absolute atomic E-state index is 0.201. The van der Waals surface area contributed by atoms with E-state index in [9.17, 15) is 14.4 Å². The maximum absolute atomic E-state index is 12.9. The van der Waals surface area contributed by atoms with Gasteiger partial charge < -0.3 is 4.90 Å². The number of Topliss-reactive ketones (excluding diaryl/α,β-unsaturated/α-hetero) is 1. The van der Waals surface area contributed by atoms with E-state index in [1.54, 1.807) is 6.92 Å². The largest absolute Gasteiger partial charge is 0.332 e. The SMILES string of the molecule is Cc1c(N2C(=O)N(C)C3(CCCC3=O)C2=O)ccc(C#N)c1Cl. The summed E-state index contributed by atoms with van der Waals surface area (Å²) in [5.74, 6) is -0.755. The van der Waals surface area contributed by atoms with E-state index in [1.165, 1.54) is 24.1 Å². The number of carbonyl (C=O) groups is 3. The Kier molecular flexibility index (Phi) is 3.42. The molecule has 118 valence electrons. The highest BCUT2D eigenvalue weighted by Crippen LogP contribution is 2.42. The molecule has 0 bridgehead atoms. The van der Waals surface area contributed by atoms with E-state index in [4.69, 9.17) is 16.9 Å². The Morgan fingerprint density at radius 3 is 2.57 bits per heavy atom. The number of amides is 3. The van der Waals surface area contributed by atoms with E-state index < -0.39 is 17.5 Å². The second kappa shape index (κ2) is 5.07. The summed E-state index contributed by atoms with van der Waals surface area (Å²) in [6, 6.07) is 4.39. The fourth-order valence-corrected chi connectivity index (χ4v) is 3.58. The molecule has 23 heavy (non-hydrogen) atoms. The first kappa shape index (κ1) is 15.5. The van der Waals surface area contributed by atoms with Crippen molar-refractivity contribution in [2.45, 2.75) is 31.7 Å². The van der Waals surface area contributed by atoms with Gasteiger partial charge in [-0.2, -0.15) is 5.26 Å². The van der Waals surface area contributed by atoms with Crippen LogP contribution >= 0.6 is 11.6 Å². The summed E-state index contributed by atoms with van der Waals surface area (Å²) in [6.07, 6.45) is 1.22. The zero-order valence-corrected chi connectivity index (χ0v) is 13.5. The molecule has 3 amide bonds. The number of anilines is 1. The highest BCUT2D eigenvalue weighted by Gasteiger charge is 2.62. The van der Waals surface area contributed by atoms with Crippen LogP contribution in [0.25, 0.3) is 0 Å². The van der Waals surface area contributed by atoms with E-state index in [0.29, 0.717) is 30.5 Å². The van der Waals surface area contributed by atoms with E-state index in [-0.39, 0.29) is 16.4 Å². The second-order valence-electron chi connectivity index (χ2n) is 5.80. The Hall–Kier alpha value is -2.39. The van der Waals surface area contributed by atoms with Crippen molar-refractivity contribution >= 4 is 35.0 Å². The molecule has 1 atom stereocenters. The van der Waals surface area contributed by atoms with Crippen LogP contribution in [0.15, 0.2) is 12.1 Å². The molecule has 6 nitrogen and oxygen atoms in total. The summed E-state index contributed by atoms with van der Waals surface area (Å²) in [7, 11) is 1.48. The van der Waals surface area contributed by atoms with Crippen molar-refractivity contribution in [3.8, 4) is 6.07 Å². The lowest BCUT2D eigenvalue weighted by atomic mass is 9.95. The lowest BCUT2D eigenvalue weighted by Crippen LogP contribution is -2.51. The van der Waals surface area contributed by atoms with Crippen molar-refractivity contribution in [2.75, 3.05) is 11.9 Å². The third-order valence-electron chi connectivity index (χ3n) is 4.73. The fourth-order valence-electron chi connectivity index (χ4n) is 3.38. The highest BCUT2D eigenvalue weighted by atomic mass is 35.5. The summed E-state index contributed by atoms with van der Waals surface area (Å²) < 4.78 is 0. The molecule has 2 fully saturated rings. The number of hydrogen-bond donors (Lipinski definition) is 0. The van der Waals surface area contributed by atoms with Crippen molar-refractivity contribution in [2.24, 2.45) is 0 Å². The lowest BCUT2D eigenvalue weighted by molar-refractivity contribution is -0.135. The molecule has 0 aromatic heterocycles. The fraction of sp³-hybridized carbons (Fsp3) is 0.375. The topological polar surface area (TPSA) is 81.5 Å². The van der Waals surface area contributed by atoms with Gasteiger partial charge in [0.2, 0.25) is 0 Å². The van der Waals surface area contributed by atoms with E-state index >= 15 is 0 Å². The molecular weight excluding hydrogens is 318 g/mol. The maximum atomic E-state index is 12.9. The monoisotopic (exact) mass is 331 g/mol. The van der Waals surface area contributed by atoms with Crippen LogP contribution in [0, 0.1) is 18.3 Å². The Labute approximate surface area is 138 Å². The molecule has 0 radical (unpaired) electrons. The summed E-state index contributed by atoms with van der Waals surface area (Å²) in [4.78, 5) is 40.0. The first-order valence-electron chi connectivity index (χ1n) is 7.21. The second-order valence-corrected chi connectivity index (χ2v) is 6.18. The van der Waals surface area contributed by atoms with Gasteiger partial charge in [0.25, 0.3) is 5.91 Å². The molecule has 2 aliphatic rings. The number of rotatable bonds is 1. The minimum atomic E-state index is -1.39. The number of likely N-dealkylation sites (N-methyl/N-ethyl adjacent to an activating group) is 1. The molecule has 0 N–H and O–H groups in total. The summed E-state index contributed by atoms with van der Waals surface area (Å²) >= 11 is 6.14. The smallest absolute Gasteiger partial charge is 0.306 e. The van der Waals surface area contributed by atoms with Crippen LogP contribution in [0.3, 0.4) is 0 Å². The summed E-state index contributed by atoms with van der Waals surface area (Å²) in [6.45, 7) is 1.64. The van der Waals surface area contributed by atoms with Crippen LogP contribution in [0.1, 0.15) is 30.4 Å². The van der Waals surface area contributed by atoms with Gasteiger partial charge in [0.1, 0.15) is 6.07 Å². The molecule has 1 heterocycles. The van der Waals surface area contributed by atoms with Crippen molar-refractivity contribution in [3.63, 3.8) is 0 Å². The predicted octanol–water partition coefficient (Wildman–Crippen LogP) is 2.41. The quantitative estimate of drug-likeness (QED) is 0.584. The average Bonchev–Trinajstić information content (AvgIpc) is 3.00. The standard InChI is InChI=1S/C16H14ClN3O3/c1-9-11(6-5-10(8-18)13(9)17)20-14(22)16(19(2)15(20)23)7-3-4-12(16)21/h5-6H,3-4,7H2,1-2H3. The number of imide groups is 1. The van der Waals surface area contributed by atoms with Gasteiger partial charge in [-0.15, -0.1) is 0 Å². The van der Waals surface area contributed by atoms with Gasteiger partial charge in [-0.3, -0.25) is 9.59 Å². The zero-order valence-electron chi connectivity index (χ0n) is 12.7. The Balaban J connectivity index is 2.14. The van der Waals surface area contributed by atoms with Crippen molar-refractivity contribution in [1.82, 2.24) is 4.90 Å². The third kappa shape index (κ3) is 1.83. The zero-order chi connectivity index (χ0) is 16.9. The number of urea groups is 1. The van der Waals surface area contributed by atoms with Crippen LogP contribution in [0.2, 0.25) is 5.02 Å². The Bertz CT molecular complexity index is 798. The number of benzene rings is 1. The number of carbonyl (C=O) groups excluding carboxylic acids is 3. The molecule has 3 rings (SSSR count). The van der Waals surface area contributed by atoms with E-state index in [2.05, 4.69) is 0 Å². The molecule has 1 unspecified atom stereocenters. The molecule has 1 saturated carbocycles. The first-order chi connectivity index (χ1) is 10.9. The van der Waals surface area contributed by atoms with Gasteiger partial charge in [0.05, 0.1) is 16.3 Å². The molecule has 1 aliphatic carbocycles. The lowest BCUT2D eigenvalue weighted by Gasteiger charge is -2.25. The molecule has 1 spiro atoms. The predicted molar refractivity (Wildman–Crippen MR) is 83.1 cm³/mol. The minimum Gasteiger partial charge on any atom is -0.306 e. The molecule has 7 heteroatoms. The Morgan fingerprint density at radius 1 is 1.30 bits per heavy atom. The summed E-state index contributed by atoms with van der Waals surface area (Å²) in [5.41, 5.74) is -0.341. The molecule has 1 saturated heterocycles. The number of nitrogens with zero attached hydrogens (tertiary/aromatic N) is 3. The van der Waals surface area contributed by atoms with Crippen LogP contribution in [0.5, 0.6) is 0 Å². The van der Waals surface area contributed by atoms with Crippen LogP contribution in [-0.4, -0.2) is 35.2 Å². The summed E-state index contributed by atoms with van der Waals surface area (Å²) in [5, 5.41) is 9.21. The molecular formula is C16H14ClN3O3. The van der Waals surface area contributed by atoms with E-state index in [0.717, 1.165) is 4.90 Å². The van der Waals surface area contributed by atoms with Crippen LogP contribution in [0.4, 0.5) is 10.5 Å². The third-order valence-corrected chi connectivity index (χ3v) is 5.22. The number of halogens is 1. The highest BCUT2D eigenvalue weighted by molar-refractivity contribution is 6.35. The molecule has 1 aromatic carbocycles. The first-order valence-corrected chi connectivity index (χ1v) is 7.59. The van der Waals surface area contributed by atoms with Crippen molar-refractivity contribution < 1.29 is 14.4 Å².